The van der Waals surface area contributed by atoms with Crippen molar-refractivity contribution in [3.05, 3.63) is 65.4 Å². The largest absolute Gasteiger partial charge is 0.352 e. The highest BCUT2D eigenvalue weighted by molar-refractivity contribution is 7.89. The van der Waals surface area contributed by atoms with E-state index < -0.39 is 10.0 Å². The van der Waals surface area contributed by atoms with Crippen LogP contribution in [0.25, 0.3) is 10.6 Å². The Labute approximate surface area is 179 Å². The lowest BCUT2D eigenvalue weighted by Gasteiger charge is -2.15. The molecule has 1 aliphatic rings. The molecule has 2 aromatic heterocycles. The molecule has 0 bridgehead atoms. The topological polar surface area (TPSA) is 92.3 Å². The number of thiazole rings is 1. The molecule has 0 aliphatic carbocycles. The van der Waals surface area contributed by atoms with Crippen LogP contribution < -0.4 is 5.32 Å². The molecular weight excluding hydrogens is 420 g/mol. The van der Waals surface area contributed by atoms with Gasteiger partial charge in [-0.25, -0.2) is 13.4 Å². The van der Waals surface area contributed by atoms with Crippen LogP contribution in [0.5, 0.6) is 0 Å². The summed E-state index contributed by atoms with van der Waals surface area (Å²) in [6, 6.07) is 9.95. The van der Waals surface area contributed by atoms with Crippen molar-refractivity contribution in [2.24, 2.45) is 0 Å². The minimum Gasteiger partial charge on any atom is -0.352 e. The maximum Gasteiger partial charge on any atom is 0.251 e. The number of pyridine rings is 1. The lowest BCUT2D eigenvalue weighted by Crippen LogP contribution is -2.28. The molecule has 9 heteroatoms. The Morgan fingerprint density at radius 2 is 1.77 bits per heavy atom. The minimum absolute atomic E-state index is 0.229. The Morgan fingerprint density at radius 1 is 1.07 bits per heavy atom. The molecule has 0 unspecified atom stereocenters. The number of nitrogens with zero attached hydrogens (tertiary/aromatic N) is 3. The van der Waals surface area contributed by atoms with Crippen LogP contribution in [0.3, 0.4) is 0 Å². The van der Waals surface area contributed by atoms with Crippen LogP contribution in [0.2, 0.25) is 0 Å². The first-order chi connectivity index (χ1) is 14.5. The Morgan fingerprint density at radius 3 is 2.47 bits per heavy atom. The van der Waals surface area contributed by atoms with Gasteiger partial charge in [0.25, 0.3) is 5.91 Å². The minimum atomic E-state index is -3.46. The van der Waals surface area contributed by atoms with E-state index >= 15 is 0 Å². The Kier molecular flexibility index (Phi) is 6.21. The van der Waals surface area contributed by atoms with Gasteiger partial charge in [-0.15, -0.1) is 11.3 Å². The molecule has 0 spiro atoms. The van der Waals surface area contributed by atoms with Gasteiger partial charge in [0, 0.05) is 55.0 Å². The highest BCUT2D eigenvalue weighted by atomic mass is 32.2. The zero-order chi connectivity index (χ0) is 21.0. The summed E-state index contributed by atoms with van der Waals surface area (Å²) in [6.07, 6.45) is 5.87. The normalized spacial score (nSPS) is 14.7. The van der Waals surface area contributed by atoms with Gasteiger partial charge in [-0.2, -0.15) is 4.31 Å². The molecule has 0 radical (unpaired) electrons. The predicted molar refractivity (Wildman–Crippen MR) is 116 cm³/mol. The molecule has 156 valence electrons. The van der Waals surface area contributed by atoms with Gasteiger partial charge in [0.1, 0.15) is 5.01 Å². The summed E-state index contributed by atoms with van der Waals surface area (Å²) in [5.41, 5.74) is 2.37. The number of nitrogens with one attached hydrogen (secondary N) is 1. The van der Waals surface area contributed by atoms with E-state index in [9.17, 15) is 13.2 Å². The SMILES string of the molecule is O=C(NCCc1csc(-c2ccncc2)n1)c1ccc(S(=O)(=O)N2CCCC2)cc1. The van der Waals surface area contributed by atoms with Gasteiger partial charge in [-0.05, 0) is 49.2 Å². The second-order valence-electron chi connectivity index (χ2n) is 7.02. The van der Waals surface area contributed by atoms with E-state index in [1.54, 1.807) is 35.9 Å². The first-order valence-corrected chi connectivity index (χ1v) is 12.1. The molecule has 0 atom stereocenters. The van der Waals surface area contributed by atoms with Gasteiger partial charge in [0.05, 0.1) is 10.6 Å². The fourth-order valence-corrected chi connectivity index (χ4v) is 5.69. The number of hydrogen-bond acceptors (Lipinski definition) is 6. The molecular formula is C21H22N4O3S2. The van der Waals surface area contributed by atoms with Gasteiger partial charge in [-0.3, -0.25) is 9.78 Å². The van der Waals surface area contributed by atoms with E-state index in [-0.39, 0.29) is 10.8 Å². The molecule has 0 saturated carbocycles. The third-order valence-electron chi connectivity index (χ3n) is 4.97. The molecule has 1 aliphatic heterocycles. The Hall–Kier alpha value is -2.62. The zero-order valence-electron chi connectivity index (χ0n) is 16.3. The maximum atomic E-state index is 12.6. The zero-order valence-corrected chi connectivity index (χ0v) is 18.0. The number of amides is 1. The Bertz CT molecular complexity index is 1110. The van der Waals surface area contributed by atoms with Crippen LogP contribution >= 0.6 is 11.3 Å². The fourth-order valence-electron chi connectivity index (χ4n) is 3.31. The van der Waals surface area contributed by atoms with Gasteiger partial charge in [-0.1, -0.05) is 0 Å². The molecule has 4 rings (SSSR count). The molecule has 3 aromatic rings. The van der Waals surface area contributed by atoms with Crippen molar-refractivity contribution in [2.75, 3.05) is 19.6 Å². The summed E-state index contributed by atoms with van der Waals surface area (Å²) in [7, 11) is -3.46. The standard InChI is InChI=1S/C21H22N4O3S2/c26-20(16-3-5-19(6-4-16)30(27,28)25-13-1-2-14-25)23-12-9-18-15-29-21(24-18)17-7-10-22-11-8-17/h3-8,10-11,15H,1-2,9,12-14H2,(H,23,26). The summed E-state index contributed by atoms with van der Waals surface area (Å²) in [6.45, 7) is 1.57. The summed E-state index contributed by atoms with van der Waals surface area (Å²) < 4.78 is 26.6. The van der Waals surface area contributed by atoms with Crippen LogP contribution in [-0.4, -0.2) is 48.2 Å². The van der Waals surface area contributed by atoms with E-state index in [4.69, 9.17) is 0 Å². The number of benzene rings is 1. The first kappa shape index (κ1) is 20.6. The molecule has 1 N–H and O–H groups in total. The average molecular weight is 443 g/mol. The van der Waals surface area contributed by atoms with E-state index in [2.05, 4.69) is 15.3 Å². The van der Waals surface area contributed by atoms with Crippen molar-refractivity contribution >= 4 is 27.3 Å². The second-order valence-corrected chi connectivity index (χ2v) is 9.82. The number of rotatable bonds is 7. The maximum absolute atomic E-state index is 12.6. The van der Waals surface area contributed by atoms with Crippen LogP contribution in [0, 0.1) is 0 Å². The fraction of sp³-hybridized carbons (Fsp3) is 0.286. The van der Waals surface area contributed by atoms with E-state index in [1.807, 2.05) is 17.5 Å². The molecule has 1 saturated heterocycles. The van der Waals surface area contributed by atoms with Crippen molar-refractivity contribution in [3.63, 3.8) is 0 Å². The van der Waals surface area contributed by atoms with E-state index in [0.29, 0.717) is 31.6 Å². The van der Waals surface area contributed by atoms with Gasteiger partial charge < -0.3 is 5.32 Å². The van der Waals surface area contributed by atoms with Crippen LogP contribution in [-0.2, 0) is 16.4 Å². The summed E-state index contributed by atoms with van der Waals surface area (Å²) in [4.78, 5) is 21.2. The molecule has 3 heterocycles. The van der Waals surface area contributed by atoms with Gasteiger partial charge >= 0.3 is 0 Å². The number of aromatic nitrogens is 2. The quantitative estimate of drug-likeness (QED) is 0.607. The number of carbonyl (C=O) groups excluding carboxylic acids is 1. The molecule has 1 fully saturated rings. The molecule has 30 heavy (non-hydrogen) atoms. The summed E-state index contributed by atoms with van der Waals surface area (Å²) >= 11 is 1.56. The monoisotopic (exact) mass is 442 g/mol. The smallest absolute Gasteiger partial charge is 0.251 e. The van der Waals surface area contributed by atoms with Gasteiger partial charge in [0.15, 0.2) is 0 Å². The lowest BCUT2D eigenvalue weighted by molar-refractivity contribution is 0.0954. The Balaban J connectivity index is 1.32. The van der Waals surface area contributed by atoms with Crippen LogP contribution in [0.1, 0.15) is 28.9 Å². The van der Waals surface area contributed by atoms with E-state index in [1.165, 1.54) is 16.4 Å². The lowest BCUT2D eigenvalue weighted by atomic mass is 10.2. The summed E-state index contributed by atoms with van der Waals surface area (Å²) in [5.74, 6) is -0.232. The molecule has 1 amide bonds. The van der Waals surface area contributed by atoms with Crippen LogP contribution in [0.4, 0.5) is 0 Å². The first-order valence-electron chi connectivity index (χ1n) is 9.77. The number of hydrogen-bond donors (Lipinski definition) is 1. The summed E-state index contributed by atoms with van der Waals surface area (Å²) in [5, 5.41) is 5.78. The number of carbonyl (C=O) groups is 1. The van der Waals surface area contributed by atoms with Crippen molar-refractivity contribution in [2.45, 2.75) is 24.2 Å². The van der Waals surface area contributed by atoms with Crippen molar-refractivity contribution in [1.29, 1.82) is 0 Å². The van der Waals surface area contributed by atoms with Crippen molar-refractivity contribution in [1.82, 2.24) is 19.6 Å². The van der Waals surface area contributed by atoms with Gasteiger partial charge in [0.2, 0.25) is 10.0 Å². The second kappa shape index (κ2) is 9.03. The van der Waals surface area contributed by atoms with Crippen LogP contribution in [0.15, 0.2) is 59.1 Å². The molecule has 7 nitrogen and oxygen atoms in total. The molecule has 1 aromatic carbocycles. The third-order valence-corrected chi connectivity index (χ3v) is 7.82. The predicted octanol–water partition coefficient (Wildman–Crippen LogP) is 2.96. The van der Waals surface area contributed by atoms with E-state index in [0.717, 1.165) is 29.1 Å². The third kappa shape index (κ3) is 4.58. The highest BCUT2D eigenvalue weighted by Gasteiger charge is 2.27. The van der Waals surface area contributed by atoms with Crippen molar-refractivity contribution in [3.8, 4) is 10.6 Å². The average Bonchev–Trinajstić information content (AvgIpc) is 3.47. The highest BCUT2D eigenvalue weighted by Crippen LogP contribution is 2.23. The van der Waals surface area contributed by atoms with Crippen molar-refractivity contribution < 1.29 is 13.2 Å². The number of sulfonamides is 1.